The van der Waals surface area contributed by atoms with E-state index >= 15 is 0 Å². The van der Waals surface area contributed by atoms with Gasteiger partial charge in [0.2, 0.25) is 0 Å². The Morgan fingerprint density at radius 1 is 1.42 bits per heavy atom. The molecule has 6 heteroatoms. The van der Waals surface area contributed by atoms with Gasteiger partial charge in [-0.1, -0.05) is 24.3 Å². The fraction of sp³-hybridized carbons (Fsp3) is 0.450. The molecular weight excluding hydrogens is 330 g/mol. The van der Waals surface area contributed by atoms with Gasteiger partial charge in [-0.2, -0.15) is 10.4 Å². The summed E-state index contributed by atoms with van der Waals surface area (Å²) in [5, 5.41) is 23.7. The maximum Gasteiger partial charge on any atom is 0.285 e. The second-order valence-electron chi connectivity index (χ2n) is 6.75. The van der Waals surface area contributed by atoms with Crippen molar-refractivity contribution in [3.63, 3.8) is 0 Å². The number of rotatable bonds is 5. The van der Waals surface area contributed by atoms with Crippen molar-refractivity contribution in [2.24, 2.45) is 0 Å². The van der Waals surface area contributed by atoms with E-state index in [2.05, 4.69) is 17.2 Å². The molecule has 2 atom stereocenters. The number of nitriles is 1. The van der Waals surface area contributed by atoms with Crippen molar-refractivity contribution in [3.8, 4) is 6.07 Å². The zero-order valence-corrected chi connectivity index (χ0v) is 15.1. The molecule has 1 aliphatic rings. The van der Waals surface area contributed by atoms with E-state index in [0.717, 1.165) is 23.9 Å². The predicted molar refractivity (Wildman–Crippen MR) is 96.8 cm³/mol. The minimum atomic E-state index is -0.872. The van der Waals surface area contributed by atoms with Crippen molar-refractivity contribution >= 4 is 0 Å². The van der Waals surface area contributed by atoms with Gasteiger partial charge in [-0.3, -0.25) is 4.79 Å². The summed E-state index contributed by atoms with van der Waals surface area (Å²) < 4.78 is 7.09. The zero-order chi connectivity index (χ0) is 18.7. The number of aliphatic hydroxyl groups is 1. The fourth-order valence-electron chi connectivity index (χ4n) is 3.39. The molecule has 0 aliphatic heterocycles. The Bertz CT molecular complexity index is 898. The van der Waals surface area contributed by atoms with E-state index in [4.69, 9.17) is 4.74 Å². The van der Waals surface area contributed by atoms with Gasteiger partial charge in [-0.15, -0.1) is 0 Å². The first-order chi connectivity index (χ1) is 12.5. The number of aromatic nitrogens is 2. The lowest BCUT2D eigenvalue weighted by molar-refractivity contribution is -0.0240. The highest BCUT2D eigenvalue weighted by molar-refractivity contribution is 5.36. The molecule has 0 spiro atoms. The zero-order valence-electron chi connectivity index (χ0n) is 15.1. The van der Waals surface area contributed by atoms with E-state index in [9.17, 15) is 15.2 Å². The van der Waals surface area contributed by atoms with Crippen molar-refractivity contribution in [1.82, 2.24) is 9.78 Å². The van der Waals surface area contributed by atoms with Crippen LogP contribution in [0.15, 0.2) is 29.1 Å². The van der Waals surface area contributed by atoms with Gasteiger partial charge < -0.3 is 9.84 Å². The molecular formula is C20H23N3O3. The molecule has 3 rings (SSSR count). The number of hydrogen-bond donors (Lipinski definition) is 1. The number of hydrogen-bond acceptors (Lipinski definition) is 5. The molecule has 6 nitrogen and oxygen atoms in total. The van der Waals surface area contributed by atoms with E-state index in [-0.39, 0.29) is 24.8 Å². The third-order valence-electron chi connectivity index (χ3n) is 4.94. The van der Waals surface area contributed by atoms with E-state index in [0.29, 0.717) is 11.3 Å². The number of ether oxygens (including phenoxy) is 1. The van der Waals surface area contributed by atoms with Gasteiger partial charge in [0.25, 0.3) is 5.56 Å². The average molecular weight is 353 g/mol. The molecule has 2 aromatic rings. The first-order valence-corrected chi connectivity index (χ1v) is 8.87. The van der Waals surface area contributed by atoms with Crippen LogP contribution >= 0.6 is 0 Å². The van der Waals surface area contributed by atoms with Gasteiger partial charge in [0.15, 0.2) is 0 Å². The molecule has 2 unspecified atom stereocenters. The molecule has 1 aromatic carbocycles. The standard InChI is InChI=1S/C20H23N3O3/c1-13-14(2)22-23(20(25)18(13)10-21)11-16(24)12-26-19-9-5-7-15-6-3-4-8-17(15)19/h3-4,6,8,16,19,24H,5,7,9,11-12H2,1-2H3. The number of aryl methyl sites for hydroxylation is 2. The van der Waals surface area contributed by atoms with Crippen molar-refractivity contribution in [1.29, 1.82) is 5.26 Å². The topological polar surface area (TPSA) is 88.1 Å². The van der Waals surface area contributed by atoms with Crippen LogP contribution in [0.4, 0.5) is 0 Å². The molecule has 26 heavy (non-hydrogen) atoms. The Labute approximate surface area is 152 Å². The summed E-state index contributed by atoms with van der Waals surface area (Å²) in [4.78, 5) is 12.3. The minimum Gasteiger partial charge on any atom is -0.389 e. The van der Waals surface area contributed by atoms with Gasteiger partial charge in [-0.05, 0) is 49.8 Å². The van der Waals surface area contributed by atoms with Crippen molar-refractivity contribution in [2.75, 3.05) is 6.61 Å². The van der Waals surface area contributed by atoms with E-state index < -0.39 is 11.7 Å². The smallest absolute Gasteiger partial charge is 0.285 e. The Morgan fingerprint density at radius 3 is 2.96 bits per heavy atom. The molecule has 1 heterocycles. The maximum atomic E-state index is 12.3. The summed E-state index contributed by atoms with van der Waals surface area (Å²) in [5.74, 6) is 0. The van der Waals surface area contributed by atoms with Crippen LogP contribution in [0.3, 0.4) is 0 Å². The first kappa shape index (κ1) is 18.3. The first-order valence-electron chi connectivity index (χ1n) is 8.87. The summed E-state index contributed by atoms with van der Waals surface area (Å²) in [6.45, 7) is 3.56. The Kier molecular flexibility index (Phi) is 5.50. The summed E-state index contributed by atoms with van der Waals surface area (Å²) >= 11 is 0. The predicted octanol–water partition coefficient (Wildman–Crippen LogP) is 2.19. The number of nitrogens with zero attached hydrogens (tertiary/aromatic N) is 3. The Balaban J connectivity index is 1.68. The van der Waals surface area contributed by atoms with Gasteiger partial charge in [0, 0.05) is 0 Å². The van der Waals surface area contributed by atoms with E-state index in [1.165, 1.54) is 11.1 Å². The summed E-state index contributed by atoms with van der Waals surface area (Å²) in [5.41, 5.74) is 3.27. The lowest BCUT2D eigenvalue weighted by Gasteiger charge is -2.26. The number of aliphatic hydroxyl groups excluding tert-OH is 1. The van der Waals surface area contributed by atoms with Crippen molar-refractivity contribution in [2.45, 2.75) is 51.9 Å². The largest absolute Gasteiger partial charge is 0.389 e. The van der Waals surface area contributed by atoms with Crippen molar-refractivity contribution in [3.05, 3.63) is 62.6 Å². The van der Waals surface area contributed by atoms with Crippen LogP contribution in [0.1, 0.15) is 46.9 Å². The second kappa shape index (κ2) is 7.81. The molecule has 136 valence electrons. The summed E-state index contributed by atoms with van der Waals surface area (Å²) in [6.07, 6.45) is 2.12. The quantitative estimate of drug-likeness (QED) is 0.890. The fourth-order valence-corrected chi connectivity index (χ4v) is 3.39. The van der Waals surface area contributed by atoms with Gasteiger partial charge >= 0.3 is 0 Å². The van der Waals surface area contributed by atoms with E-state index in [1.807, 2.05) is 18.2 Å². The molecule has 1 N–H and O–H groups in total. The van der Waals surface area contributed by atoms with Crippen molar-refractivity contribution < 1.29 is 9.84 Å². The van der Waals surface area contributed by atoms with Crippen LogP contribution in [0.2, 0.25) is 0 Å². The SMILES string of the molecule is Cc1nn(CC(O)COC2CCCc3ccccc32)c(=O)c(C#N)c1C. The Hall–Kier alpha value is -2.49. The summed E-state index contributed by atoms with van der Waals surface area (Å²) in [6, 6.07) is 10.1. The molecule has 1 aliphatic carbocycles. The lowest BCUT2D eigenvalue weighted by Crippen LogP contribution is -2.34. The third kappa shape index (κ3) is 3.69. The highest BCUT2D eigenvalue weighted by Gasteiger charge is 2.22. The van der Waals surface area contributed by atoms with Crippen LogP contribution in [-0.2, 0) is 17.7 Å². The van der Waals surface area contributed by atoms with E-state index in [1.54, 1.807) is 13.8 Å². The Morgan fingerprint density at radius 2 is 2.19 bits per heavy atom. The second-order valence-corrected chi connectivity index (χ2v) is 6.75. The highest BCUT2D eigenvalue weighted by atomic mass is 16.5. The van der Waals surface area contributed by atoms with Crippen LogP contribution < -0.4 is 5.56 Å². The molecule has 0 bridgehead atoms. The highest BCUT2D eigenvalue weighted by Crippen LogP contribution is 2.32. The van der Waals surface area contributed by atoms with Crippen LogP contribution in [0.25, 0.3) is 0 Å². The molecule has 0 amide bonds. The van der Waals surface area contributed by atoms with Crippen LogP contribution in [0, 0.1) is 25.2 Å². The average Bonchev–Trinajstić information content (AvgIpc) is 2.65. The molecule has 0 saturated carbocycles. The van der Waals surface area contributed by atoms with Gasteiger partial charge in [0.05, 0.1) is 31.1 Å². The number of fused-ring (bicyclic) bond motifs is 1. The monoisotopic (exact) mass is 353 g/mol. The molecule has 1 aromatic heterocycles. The maximum absolute atomic E-state index is 12.3. The normalized spacial score (nSPS) is 17.4. The molecule has 0 fully saturated rings. The van der Waals surface area contributed by atoms with Crippen LogP contribution in [0.5, 0.6) is 0 Å². The molecule has 0 radical (unpaired) electrons. The third-order valence-corrected chi connectivity index (χ3v) is 4.94. The summed E-state index contributed by atoms with van der Waals surface area (Å²) in [7, 11) is 0. The lowest BCUT2D eigenvalue weighted by atomic mass is 9.89. The minimum absolute atomic E-state index is 0.00298. The van der Waals surface area contributed by atoms with Crippen LogP contribution in [-0.4, -0.2) is 27.6 Å². The van der Waals surface area contributed by atoms with Gasteiger partial charge in [-0.25, -0.2) is 4.68 Å². The number of benzene rings is 1. The molecule has 0 saturated heterocycles. The van der Waals surface area contributed by atoms with Gasteiger partial charge in [0.1, 0.15) is 11.6 Å².